The zero-order valence-electron chi connectivity index (χ0n) is 9.87. The van der Waals surface area contributed by atoms with Crippen molar-refractivity contribution in [1.82, 2.24) is 14.8 Å². The largest absolute Gasteiger partial charge is 0.330 e. The van der Waals surface area contributed by atoms with Gasteiger partial charge in [-0.05, 0) is 19.4 Å². The highest BCUT2D eigenvalue weighted by molar-refractivity contribution is 4.92. The summed E-state index contributed by atoms with van der Waals surface area (Å²) in [6.45, 7) is 2.89. The normalized spacial score (nSPS) is 10.9. The molecule has 0 saturated carbocycles. The molecule has 0 amide bonds. The number of aromatic nitrogens is 3. The molecule has 4 nitrogen and oxygen atoms in total. The fourth-order valence-corrected chi connectivity index (χ4v) is 1.62. The van der Waals surface area contributed by atoms with Crippen LogP contribution >= 0.6 is 0 Å². The van der Waals surface area contributed by atoms with Crippen molar-refractivity contribution in [2.45, 2.75) is 45.4 Å². The van der Waals surface area contributed by atoms with E-state index in [0.29, 0.717) is 0 Å². The molecule has 0 unspecified atom stereocenters. The van der Waals surface area contributed by atoms with Crippen molar-refractivity contribution in [2.75, 3.05) is 6.54 Å². The van der Waals surface area contributed by atoms with E-state index in [1.807, 2.05) is 11.7 Å². The second-order valence-electron chi connectivity index (χ2n) is 3.87. The minimum atomic E-state index is 0.809. The fraction of sp³-hybridized carbons (Fsp3) is 0.818. The van der Waals surface area contributed by atoms with Crippen molar-refractivity contribution >= 4 is 0 Å². The fourth-order valence-electron chi connectivity index (χ4n) is 1.62. The summed E-state index contributed by atoms with van der Waals surface area (Å²) in [5.74, 6) is 2.06. The van der Waals surface area contributed by atoms with Gasteiger partial charge in [0, 0.05) is 19.9 Å². The Balaban J connectivity index is 2.27. The maximum Gasteiger partial charge on any atom is 0.150 e. The van der Waals surface area contributed by atoms with Gasteiger partial charge in [-0.2, -0.15) is 5.10 Å². The Bertz CT molecular complexity index is 280. The van der Waals surface area contributed by atoms with Crippen molar-refractivity contribution in [2.24, 2.45) is 12.8 Å². The smallest absolute Gasteiger partial charge is 0.150 e. The molecule has 1 aromatic rings. The average Bonchev–Trinajstić information content (AvgIpc) is 2.59. The van der Waals surface area contributed by atoms with E-state index >= 15 is 0 Å². The van der Waals surface area contributed by atoms with Gasteiger partial charge in [-0.15, -0.1) is 0 Å². The summed E-state index contributed by atoms with van der Waals surface area (Å²) in [6, 6.07) is 0. The van der Waals surface area contributed by atoms with Gasteiger partial charge in [0.25, 0.3) is 0 Å². The third-order valence-corrected chi connectivity index (χ3v) is 2.57. The van der Waals surface area contributed by atoms with Gasteiger partial charge >= 0.3 is 0 Å². The standard InChI is InChI=1S/C11H22N4/c1-3-10-13-11(15(2)14-10)8-6-4-5-7-9-12/h3-9,12H2,1-2H3. The van der Waals surface area contributed by atoms with Gasteiger partial charge in [-0.1, -0.05) is 19.8 Å². The lowest BCUT2D eigenvalue weighted by Gasteiger charge is -1.99. The molecule has 0 fully saturated rings. The molecule has 0 saturated heterocycles. The van der Waals surface area contributed by atoms with E-state index in [0.717, 1.165) is 37.5 Å². The topological polar surface area (TPSA) is 56.7 Å². The third kappa shape index (κ3) is 4.00. The van der Waals surface area contributed by atoms with Crippen LogP contribution < -0.4 is 5.73 Å². The van der Waals surface area contributed by atoms with E-state index in [9.17, 15) is 0 Å². The molecule has 1 heterocycles. The second-order valence-corrected chi connectivity index (χ2v) is 3.87. The number of rotatable bonds is 7. The quantitative estimate of drug-likeness (QED) is 0.693. The van der Waals surface area contributed by atoms with Crippen molar-refractivity contribution in [3.63, 3.8) is 0 Å². The van der Waals surface area contributed by atoms with E-state index in [-0.39, 0.29) is 0 Å². The Morgan fingerprint density at radius 1 is 1.20 bits per heavy atom. The minimum absolute atomic E-state index is 0.809. The summed E-state index contributed by atoms with van der Waals surface area (Å²) in [7, 11) is 1.97. The first-order chi connectivity index (χ1) is 7.27. The van der Waals surface area contributed by atoms with Crippen LogP contribution in [0.3, 0.4) is 0 Å². The monoisotopic (exact) mass is 210 g/mol. The van der Waals surface area contributed by atoms with E-state index in [1.165, 1.54) is 19.3 Å². The lowest BCUT2D eigenvalue weighted by Crippen LogP contribution is -2.00. The van der Waals surface area contributed by atoms with Crippen molar-refractivity contribution < 1.29 is 0 Å². The van der Waals surface area contributed by atoms with Crippen molar-refractivity contribution in [3.8, 4) is 0 Å². The van der Waals surface area contributed by atoms with Crippen LogP contribution in [0.15, 0.2) is 0 Å². The van der Waals surface area contributed by atoms with Crippen molar-refractivity contribution in [1.29, 1.82) is 0 Å². The van der Waals surface area contributed by atoms with Crippen LogP contribution in [0.25, 0.3) is 0 Å². The average molecular weight is 210 g/mol. The van der Waals surface area contributed by atoms with Crippen LogP contribution in [-0.2, 0) is 19.9 Å². The molecule has 0 bridgehead atoms. The van der Waals surface area contributed by atoms with Crippen LogP contribution in [0.1, 0.15) is 44.3 Å². The third-order valence-electron chi connectivity index (χ3n) is 2.57. The Labute approximate surface area is 91.9 Å². The van der Waals surface area contributed by atoms with Crippen LogP contribution in [0.5, 0.6) is 0 Å². The highest BCUT2D eigenvalue weighted by Crippen LogP contribution is 2.06. The molecule has 1 aromatic heterocycles. The Kier molecular flexibility index (Phi) is 5.32. The second kappa shape index (κ2) is 6.56. The van der Waals surface area contributed by atoms with Gasteiger partial charge in [0.15, 0.2) is 5.82 Å². The number of hydrogen-bond acceptors (Lipinski definition) is 3. The summed E-state index contributed by atoms with van der Waals surface area (Å²) in [5, 5.41) is 4.33. The molecular formula is C11H22N4. The lowest BCUT2D eigenvalue weighted by atomic mass is 10.1. The van der Waals surface area contributed by atoms with Crippen LogP contribution in [-0.4, -0.2) is 21.3 Å². The van der Waals surface area contributed by atoms with Gasteiger partial charge in [0.2, 0.25) is 0 Å². The Hall–Kier alpha value is -0.900. The first-order valence-corrected chi connectivity index (χ1v) is 5.86. The molecule has 0 aliphatic heterocycles. The molecule has 0 aliphatic rings. The number of nitrogens with zero attached hydrogens (tertiary/aromatic N) is 3. The van der Waals surface area contributed by atoms with Gasteiger partial charge in [0.05, 0.1) is 0 Å². The molecule has 0 radical (unpaired) electrons. The number of nitrogens with two attached hydrogens (primary N) is 1. The zero-order chi connectivity index (χ0) is 11.1. The zero-order valence-corrected chi connectivity index (χ0v) is 9.87. The van der Waals surface area contributed by atoms with E-state index < -0.39 is 0 Å². The Morgan fingerprint density at radius 3 is 2.53 bits per heavy atom. The van der Waals surface area contributed by atoms with Crippen molar-refractivity contribution in [3.05, 3.63) is 11.6 Å². The first kappa shape index (κ1) is 12.2. The summed E-state index contributed by atoms with van der Waals surface area (Å²) < 4.78 is 1.90. The predicted octanol–water partition coefficient (Wildman–Crippen LogP) is 1.44. The summed E-state index contributed by atoms with van der Waals surface area (Å²) >= 11 is 0. The molecule has 0 spiro atoms. The lowest BCUT2D eigenvalue weighted by molar-refractivity contribution is 0.611. The summed E-state index contributed by atoms with van der Waals surface area (Å²) in [5.41, 5.74) is 5.44. The van der Waals surface area contributed by atoms with E-state index in [4.69, 9.17) is 5.73 Å². The van der Waals surface area contributed by atoms with Crippen LogP contribution in [0.4, 0.5) is 0 Å². The molecular weight excluding hydrogens is 188 g/mol. The van der Waals surface area contributed by atoms with Gasteiger partial charge in [-0.25, -0.2) is 4.98 Å². The van der Waals surface area contributed by atoms with Gasteiger partial charge < -0.3 is 5.73 Å². The maximum atomic E-state index is 5.44. The summed E-state index contributed by atoms with van der Waals surface area (Å²) in [6.07, 6.45) is 6.75. The first-order valence-electron chi connectivity index (χ1n) is 5.86. The summed E-state index contributed by atoms with van der Waals surface area (Å²) in [4.78, 5) is 4.47. The number of hydrogen-bond donors (Lipinski definition) is 1. The molecule has 0 atom stereocenters. The van der Waals surface area contributed by atoms with E-state index in [1.54, 1.807) is 0 Å². The SMILES string of the molecule is CCc1nc(CCCCCCN)n(C)n1. The predicted molar refractivity (Wildman–Crippen MR) is 61.6 cm³/mol. The molecule has 86 valence electrons. The molecule has 2 N–H and O–H groups in total. The maximum absolute atomic E-state index is 5.44. The van der Waals surface area contributed by atoms with Gasteiger partial charge in [-0.3, -0.25) is 4.68 Å². The molecule has 0 aliphatic carbocycles. The van der Waals surface area contributed by atoms with Crippen LogP contribution in [0.2, 0.25) is 0 Å². The molecule has 15 heavy (non-hydrogen) atoms. The molecule has 0 aromatic carbocycles. The highest BCUT2D eigenvalue weighted by atomic mass is 15.3. The van der Waals surface area contributed by atoms with E-state index in [2.05, 4.69) is 17.0 Å². The van der Waals surface area contributed by atoms with Crippen LogP contribution in [0, 0.1) is 0 Å². The minimum Gasteiger partial charge on any atom is -0.330 e. The molecule has 1 rings (SSSR count). The number of aryl methyl sites for hydroxylation is 3. The number of unbranched alkanes of at least 4 members (excludes halogenated alkanes) is 3. The highest BCUT2D eigenvalue weighted by Gasteiger charge is 2.04. The Morgan fingerprint density at radius 2 is 1.93 bits per heavy atom. The van der Waals surface area contributed by atoms with Gasteiger partial charge in [0.1, 0.15) is 5.82 Å². The molecule has 4 heteroatoms.